The van der Waals surface area contributed by atoms with Gasteiger partial charge in [-0.1, -0.05) is 29.8 Å². The molecule has 1 atom stereocenters. The van der Waals surface area contributed by atoms with Crippen molar-refractivity contribution in [2.75, 3.05) is 7.11 Å². The molecule has 2 aromatic carbocycles. The van der Waals surface area contributed by atoms with E-state index in [9.17, 15) is 4.39 Å². The van der Waals surface area contributed by atoms with Crippen LogP contribution in [0.3, 0.4) is 0 Å². The molecule has 0 aromatic heterocycles. The van der Waals surface area contributed by atoms with Crippen LogP contribution < -0.4 is 10.5 Å². The molecule has 2 N–H and O–H groups in total. The minimum Gasteiger partial charge on any atom is -0.496 e. The lowest BCUT2D eigenvalue weighted by Crippen LogP contribution is -2.13. The molecule has 0 amide bonds. The Balaban J connectivity index is 2.17. The van der Waals surface area contributed by atoms with Gasteiger partial charge in [0.1, 0.15) is 11.6 Å². The van der Waals surface area contributed by atoms with E-state index in [2.05, 4.69) is 0 Å². The summed E-state index contributed by atoms with van der Waals surface area (Å²) < 4.78 is 18.3. The zero-order valence-electron chi connectivity index (χ0n) is 11.5. The Hall–Kier alpha value is -1.58. The van der Waals surface area contributed by atoms with Gasteiger partial charge in [0.25, 0.3) is 0 Å². The summed E-state index contributed by atoms with van der Waals surface area (Å²) in [5.41, 5.74) is 9.17. The first kappa shape index (κ1) is 14.8. The topological polar surface area (TPSA) is 35.2 Å². The van der Waals surface area contributed by atoms with Crippen LogP contribution in [0.5, 0.6) is 5.75 Å². The lowest BCUT2D eigenvalue weighted by molar-refractivity contribution is 0.411. The number of halogens is 2. The molecule has 0 saturated carbocycles. The molecule has 0 aliphatic heterocycles. The average molecular weight is 294 g/mol. The Morgan fingerprint density at radius 1 is 1.25 bits per heavy atom. The van der Waals surface area contributed by atoms with Crippen LogP contribution >= 0.6 is 11.6 Å². The molecule has 0 aliphatic rings. The summed E-state index contributed by atoms with van der Waals surface area (Å²) in [7, 11) is 1.64. The van der Waals surface area contributed by atoms with Gasteiger partial charge in [-0.2, -0.15) is 0 Å². The summed E-state index contributed by atoms with van der Waals surface area (Å²) in [6.07, 6.45) is 0.603. The third-order valence-electron chi connectivity index (χ3n) is 3.29. The zero-order chi connectivity index (χ0) is 14.7. The van der Waals surface area contributed by atoms with Gasteiger partial charge in [-0.05, 0) is 48.2 Å². The highest BCUT2D eigenvalue weighted by Gasteiger charge is 2.10. The number of hydrogen-bond donors (Lipinski definition) is 1. The molecule has 2 aromatic rings. The predicted molar refractivity (Wildman–Crippen MR) is 79.8 cm³/mol. The maximum absolute atomic E-state index is 13.1. The molecular weight excluding hydrogens is 277 g/mol. The highest BCUT2D eigenvalue weighted by Crippen LogP contribution is 2.24. The predicted octanol–water partition coefficient (Wildman–Crippen LogP) is 4.04. The van der Waals surface area contributed by atoms with Crippen molar-refractivity contribution in [1.29, 1.82) is 0 Å². The Bertz CT molecular complexity index is 615. The van der Waals surface area contributed by atoms with Crippen molar-refractivity contribution in [3.63, 3.8) is 0 Å². The molecule has 2 nitrogen and oxygen atoms in total. The van der Waals surface area contributed by atoms with E-state index < -0.39 is 5.82 Å². The van der Waals surface area contributed by atoms with Crippen LogP contribution in [0.2, 0.25) is 5.02 Å². The van der Waals surface area contributed by atoms with Crippen LogP contribution in [-0.2, 0) is 6.42 Å². The highest BCUT2D eigenvalue weighted by molar-refractivity contribution is 6.30. The number of benzene rings is 2. The lowest BCUT2D eigenvalue weighted by Gasteiger charge is -2.14. The molecule has 106 valence electrons. The third kappa shape index (κ3) is 3.30. The Labute approximate surface area is 123 Å². The number of ether oxygens (including phenoxy) is 1. The number of methoxy groups -OCH3 is 1. The van der Waals surface area contributed by atoms with Crippen LogP contribution in [0, 0.1) is 12.7 Å². The largest absolute Gasteiger partial charge is 0.496 e. The van der Waals surface area contributed by atoms with Gasteiger partial charge in [0.05, 0.1) is 12.1 Å². The van der Waals surface area contributed by atoms with Gasteiger partial charge >= 0.3 is 0 Å². The second-order valence-electron chi connectivity index (χ2n) is 4.79. The monoisotopic (exact) mass is 293 g/mol. The number of nitrogens with two attached hydrogens (primary N) is 1. The first-order valence-electron chi connectivity index (χ1n) is 6.35. The fraction of sp³-hybridized carbons (Fsp3) is 0.250. The van der Waals surface area contributed by atoms with Gasteiger partial charge in [-0.25, -0.2) is 4.39 Å². The van der Waals surface area contributed by atoms with E-state index in [0.29, 0.717) is 6.42 Å². The van der Waals surface area contributed by atoms with Crippen LogP contribution in [-0.4, -0.2) is 7.11 Å². The van der Waals surface area contributed by atoms with Crippen molar-refractivity contribution in [2.24, 2.45) is 5.73 Å². The van der Waals surface area contributed by atoms with Gasteiger partial charge in [0, 0.05) is 6.04 Å². The van der Waals surface area contributed by atoms with Crippen molar-refractivity contribution >= 4 is 11.6 Å². The molecule has 0 radical (unpaired) electrons. The number of rotatable bonds is 4. The smallest absolute Gasteiger partial charge is 0.141 e. The third-order valence-corrected chi connectivity index (χ3v) is 3.58. The lowest BCUT2D eigenvalue weighted by atomic mass is 9.98. The van der Waals surface area contributed by atoms with E-state index >= 15 is 0 Å². The summed E-state index contributed by atoms with van der Waals surface area (Å²) in [6.45, 7) is 1.98. The number of hydrogen-bond acceptors (Lipinski definition) is 2. The summed E-state index contributed by atoms with van der Waals surface area (Å²) in [5.74, 6) is 0.426. The summed E-state index contributed by atoms with van der Waals surface area (Å²) in [5, 5.41) is 0.126. The minimum atomic E-state index is -0.413. The van der Waals surface area contributed by atoms with E-state index in [0.717, 1.165) is 22.4 Å². The first-order valence-corrected chi connectivity index (χ1v) is 6.73. The van der Waals surface area contributed by atoms with E-state index in [-0.39, 0.29) is 11.1 Å². The second kappa shape index (κ2) is 6.25. The highest BCUT2D eigenvalue weighted by atomic mass is 35.5. The van der Waals surface area contributed by atoms with Gasteiger partial charge in [0.15, 0.2) is 0 Å². The van der Waals surface area contributed by atoms with Crippen molar-refractivity contribution < 1.29 is 9.13 Å². The molecule has 2 rings (SSSR count). The van der Waals surface area contributed by atoms with Crippen LogP contribution in [0.4, 0.5) is 4.39 Å². The fourth-order valence-corrected chi connectivity index (χ4v) is 2.37. The van der Waals surface area contributed by atoms with Crippen LogP contribution in [0.25, 0.3) is 0 Å². The molecule has 0 aliphatic carbocycles. The summed E-state index contributed by atoms with van der Waals surface area (Å²) in [4.78, 5) is 0. The Morgan fingerprint density at radius 2 is 2.00 bits per heavy atom. The second-order valence-corrected chi connectivity index (χ2v) is 5.20. The Kier molecular flexibility index (Phi) is 4.63. The maximum atomic E-state index is 13.1. The molecule has 20 heavy (non-hydrogen) atoms. The summed E-state index contributed by atoms with van der Waals surface area (Å²) in [6, 6.07) is 10.4. The van der Waals surface area contributed by atoms with Gasteiger partial charge in [-0.15, -0.1) is 0 Å². The molecule has 0 saturated heterocycles. The van der Waals surface area contributed by atoms with Crippen molar-refractivity contribution in [2.45, 2.75) is 19.4 Å². The minimum absolute atomic E-state index is 0.126. The van der Waals surface area contributed by atoms with Crippen LogP contribution in [0.1, 0.15) is 22.7 Å². The Morgan fingerprint density at radius 3 is 2.60 bits per heavy atom. The molecule has 0 fully saturated rings. The average Bonchev–Trinajstić information content (AvgIpc) is 2.42. The van der Waals surface area contributed by atoms with E-state index in [1.165, 1.54) is 6.07 Å². The van der Waals surface area contributed by atoms with E-state index in [1.54, 1.807) is 19.2 Å². The molecular formula is C16H17ClFNO. The van der Waals surface area contributed by atoms with Gasteiger partial charge < -0.3 is 10.5 Å². The molecule has 4 heteroatoms. The quantitative estimate of drug-likeness (QED) is 0.923. The first-order chi connectivity index (χ1) is 9.51. The van der Waals surface area contributed by atoms with E-state index in [1.807, 2.05) is 25.1 Å². The SMILES string of the molecule is COc1ccc(C(N)Cc2ccc(F)c(Cl)c2)cc1C. The normalized spacial score (nSPS) is 12.2. The van der Waals surface area contributed by atoms with Crippen molar-refractivity contribution in [1.82, 2.24) is 0 Å². The number of aryl methyl sites for hydroxylation is 1. The van der Waals surface area contributed by atoms with Gasteiger partial charge in [-0.3, -0.25) is 0 Å². The van der Waals surface area contributed by atoms with Crippen molar-refractivity contribution in [3.8, 4) is 5.75 Å². The van der Waals surface area contributed by atoms with Crippen LogP contribution in [0.15, 0.2) is 36.4 Å². The van der Waals surface area contributed by atoms with E-state index in [4.69, 9.17) is 22.1 Å². The standard InChI is InChI=1S/C16H17ClFNO/c1-10-7-12(4-6-16(10)20-2)15(19)9-11-3-5-14(18)13(17)8-11/h3-8,15H,9,19H2,1-2H3. The van der Waals surface area contributed by atoms with Crippen molar-refractivity contribution in [3.05, 3.63) is 63.9 Å². The summed E-state index contributed by atoms with van der Waals surface area (Å²) >= 11 is 5.78. The molecule has 0 bridgehead atoms. The zero-order valence-corrected chi connectivity index (χ0v) is 12.2. The van der Waals surface area contributed by atoms with Gasteiger partial charge in [0.2, 0.25) is 0 Å². The molecule has 1 unspecified atom stereocenters. The maximum Gasteiger partial charge on any atom is 0.141 e. The fourth-order valence-electron chi connectivity index (χ4n) is 2.17. The molecule has 0 spiro atoms. The molecule has 0 heterocycles.